The second-order valence-corrected chi connectivity index (χ2v) is 9.78. The minimum atomic E-state index is -0.408. The molecule has 1 aromatic heterocycles. The largest absolute Gasteiger partial charge is 0.496 e. The number of nitrogens with one attached hydrogen (secondary N) is 1. The van der Waals surface area contributed by atoms with E-state index in [2.05, 4.69) is 22.1 Å². The van der Waals surface area contributed by atoms with Gasteiger partial charge >= 0.3 is 0 Å². The molecule has 2 unspecified atom stereocenters. The molecule has 1 aromatic carbocycles. The van der Waals surface area contributed by atoms with Crippen LogP contribution in [0.2, 0.25) is 0 Å². The standard InChI is InChI=1S/C28H38N4O4/c1-3-4-15-32-26(34)12-10-23(27(32)22-7-5-6-8-24(22)36-2)28(35)30-25-11-9-21(18-29-25)31-16-13-20(19-33)14-17-31/h5-9,11,18,20,23,27,33H,3-4,10,12-17,19H2,1-2H3,(H,29,30,35). The first kappa shape index (κ1) is 25.9. The highest BCUT2D eigenvalue weighted by Gasteiger charge is 2.41. The molecular formula is C28H38N4O4. The van der Waals surface area contributed by atoms with Crippen molar-refractivity contribution in [3.8, 4) is 5.75 Å². The zero-order chi connectivity index (χ0) is 25.5. The second kappa shape index (κ2) is 12.2. The normalized spacial score (nSPS) is 20.9. The smallest absolute Gasteiger partial charge is 0.231 e. The topological polar surface area (TPSA) is 95.0 Å². The number of carbonyl (C=O) groups is 2. The quantitative estimate of drug-likeness (QED) is 0.547. The van der Waals surface area contributed by atoms with E-state index in [9.17, 15) is 14.7 Å². The molecular weight excluding hydrogens is 456 g/mol. The van der Waals surface area contributed by atoms with Crippen LogP contribution < -0.4 is 15.0 Å². The van der Waals surface area contributed by atoms with Gasteiger partial charge in [0, 0.05) is 38.2 Å². The summed E-state index contributed by atoms with van der Waals surface area (Å²) in [6, 6.07) is 11.1. The van der Waals surface area contributed by atoms with E-state index < -0.39 is 5.92 Å². The third-order valence-corrected chi connectivity index (χ3v) is 7.49. The highest BCUT2D eigenvalue weighted by molar-refractivity contribution is 5.94. The summed E-state index contributed by atoms with van der Waals surface area (Å²) in [6.07, 6.45) is 6.40. The number of methoxy groups -OCH3 is 1. The number of unbranched alkanes of at least 4 members (excludes halogenated alkanes) is 1. The Balaban J connectivity index is 1.52. The molecule has 4 rings (SSSR count). The van der Waals surface area contributed by atoms with Gasteiger partial charge in [-0.1, -0.05) is 31.5 Å². The molecule has 2 N–H and O–H groups in total. The van der Waals surface area contributed by atoms with Crippen molar-refractivity contribution in [1.29, 1.82) is 0 Å². The first-order chi connectivity index (χ1) is 17.5. The summed E-state index contributed by atoms with van der Waals surface area (Å²) in [5.74, 6) is 1.10. The summed E-state index contributed by atoms with van der Waals surface area (Å²) in [5, 5.41) is 12.4. The Kier molecular flexibility index (Phi) is 8.80. The van der Waals surface area contributed by atoms with Crippen molar-refractivity contribution in [3.05, 3.63) is 48.2 Å². The predicted octanol–water partition coefficient (Wildman–Crippen LogP) is 4.02. The van der Waals surface area contributed by atoms with E-state index >= 15 is 0 Å². The molecule has 2 atom stereocenters. The van der Waals surface area contributed by atoms with E-state index in [1.165, 1.54) is 0 Å². The fourth-order valence-electron chi connectivity index (χ4n) is 5.35. The number of rotatable bonds is 9. The number of hydrogen-bond acceptors (Lipinski definition) is 6. The van der Waals surface area contributed by atoms with E-state index in [4.69, 9.17) is 4.74 Å². The Hall–Kier alpha value is -3.13. The van der Waals surface area contributed by atoms with E-state index in [1.54, 1.807) is 13.3 Å². The fraction of sp³-hybridized carbons (Fsp3) is 0.536. The van der Waals surface area contributed by atoms with Crippen LogP contribution in [0.25, 0.3) is 0 Å². The first-order valence-electron chi connectivity index (χ1n) is 13.1. The molecule has 2 saturated heterocycles. The number of aliphatic hydroxyl groups excluding tert-OH is 1. The lowest BCUT2D eigenvalue weighted by molar-refractivity contribution is -0.142. The lowest BCUT2D eigenvalue weighted by Gasteiger charge is -2.41. The van der Waals surface area contributed by atoms with E-state index in [1.807, 2.05) is 41.3 Å². The summed E-state index contributed by atoms with van der Waals surface area (Å²) >= 11 is 0. The lowest BCUT2D eigenvalue weighted by Crippen LogP contribution is -2.47. The van der Waals surface area contributed by atoms with Crippen LogP contribution in [0.4, 0.5) is 11.5 Å². The number of nitrogens with zero attached hydrogens (tertiary/aromatic N) is 3. The maximum absolute atomic E-state index is 13.6. The van der Waals surface area contributed by atoms with E-state index in [-0.39, 0.29) is 24.5 Å². The Bertz CT molecular complexity index is 1020. The van der Waals surface area contributed by atoms with Gasteiger partial charge in [0.2, 0.25) is 11.8 Å². The van der Waals surface area contributed by atoms with Gasteiger partial charge in [0.15, 0.2) is 0 Å². The van der Waals surface area contributed by atoms with Gasteiger partial charge in [-0.25, -0.2) is 4.98 Å². The number of piperidine rings is 2. The molecule has 3 heterocycles. The van der Waals surface area contributed by atoms with Crippen molar-refractivity contribution in [2.24, 2.45) is 11.8 Å². The van der Waals surface area contributed by atoms with Crippen molar-refractivity contribution in [2.45, 2.75) is 51.5 Å². The highest BCUT2D eigenvalue weighted by atomic mass is 16.5. The van der Waals surface area contributed by atoms with Crippen molar-refractivity contribution in [3.63, 3.8) is 0 Å². The molecule has 0 aliphatic carbocycles. The van der Waals surface area contributed by atoms with Crippen LogP contribution in [0.3, 0.4) is 0 Å². The number of anilines is 2. The van der Waals surface area contributed by atoms with Crippen molar-refractivity contribution in [2.75, 3.05) is 43.6 Å². The number of amides is 2. The van der Waals surface area contributed by atoms with Crippen LogP contribution in [0.5, 0.6) is 5.75 Å². The summed E-state index contributed by atoms with van der Waals surface area (Å²) in [5.41, 5.74) is 1.88. The molecule has 2 aromatic rings. The van der Waals surface area contributed by atoms with Crippen LogP contribution >= 0.6 is 0 Å². The van der Waals surface area contributed by atoms with Crippen LogP contribution in [-0.2, 0) is 9.59 Å². The molecule has 194 valence electrons. The van der Waals surface area contributed by atoms with Crippen molar-refractivity contribution in [1.82, 2.24) is 9.88 Å². The molecule has 36 heavy (non-hydrogen) atoms. The Morgan fingerprint density at radius 2 is 1.94 bits per heavy atom. The predicted molar refractivity (Wildman–Crippen MR) is 140 cm³/mol. The number of para-hydroxylation sites is 1. The molecule has 0 radical (unpaired) electrons. The molecule has 2 fully saturated rings. The summed E-state index contributed by atoms with van der Waals surface area (Å²) in [4.78, 5) is 35.2. The number of aromatic nitrogens is 1. The monoisotopic (exact) mass is 494 g/mol. The summed E-state index contributed by atoms with van der Waals surface area (Å²) < 4.78 is 5.62. The third kappa shape index (κ3) is 5.81. The van der Waals surface area contributed by atoms with Gasteiger partial charge in [-0.2, -0.15) is 0 Å². The maximum atomic E-state index is 13.6. The van der Waals surface area contributed by atoms with Gasteiger partial charge in [-0.15, -0.1) is 0 Å². The number of ether oxygens (including phenoxy) is 1. The van der Waals surface area contributed by atoms with E-state index in [0.29, 0.717) is 36.9 Å². The van der Waals surface area contributed by atoms with Gasteiger partial charge in [0.1, 0.15) is 11.6 Å². The van der Waals surface area contributed by atoms with Gasteiger partial charge < -0.3 is 25.0 Å². The van der Waals surface area contributed by atoms with Crippen molar-refractivity contribution < 1.29 is 19.4 Å². The average Bonchev–Trinajstić information content (AvgIpc) is 2.92. The van der Waals surface area contributed by atoms with Crippen LogP contribution in [-0.4, -0.2) is 60.2 Å². The Morgan fingerprint density at radius 3 is 2.61 bits per heavy atom. The highest BCUT2D eigenvalue weighted by Crippen LogP contribution is 2.41. The zero-order valence-electron chi connectivity index (χ0n) is 21.4. The summed E-state index contributed by atoms with van der Waals surface area (Å²) in [7, 11) is 1.62. The Morgan fingerprint density at radius 1 is 1.17 bits per heavy atom. The van der Waals surface area contributed by atoms with E-state index in [0.717, 1.165) is 50.0 Å². The number of hydrogen-bond donors (Lipinski definition) is 2. The molecule has 8 nitrogen and oxygen atoms in total. The second-order valence-electron chi connectivity index (χ2n) is 9.78. The van der Waals surface area contributed by atoms with Gasteiger partial charge in [0.25, 0.3) is 0 Å². The minimum absolute atomic E-state index is 0.0795. The van der Waals surface area contributed by atoms with Crippen LogP contribution in [0.1, 0.15) is 57.1 Å². The molecule has 8 heteroatoms. The van der Waals surface area contributed by atoms with Crippen LogP contribution in [0.15, 0.2) is 42.6 Å². The summed E-state index contributed by atoms with van der Waals surface area (Å²) in [6.45, 7) is 4.74. The van der Waals surface area contributed by atoms with Gasteiger partial charge in [-0.05, 0) is 49.8 Å². The molecule has 0 bridgehead atoms. The molecule has 2 amide bonds. The minimum Gasteiger partial charge on any atom is -0.496 e. The Labute approximate surface area is 213 Å². The SMILES string of the molecule is CCCCN1C(=O)CCC(C(=O)Nc2ccc(N3CCC(CO)CC3)cn2)C1c1ccccc1OC. The maximum Gasteiger partial charge on any atom is 0.231 e. The number of carbonyl (C=O) groups excluding carboxylic acids is 2. The first-order valence-corrected chi connectivity index (χ1v) is 13.1. The van der Waals surface area contributed by atoms with Gasteiger partial charge in [0.05, 0.1) is 31.0 Å². The number of pyridine rings is 1. The number of benzene rings is 1. The molecule has 0 saturated carbocycles. The number of likely N-dealkylation sites (tertiary alicyclic amines) is 1. The zero-order valence-corrected chi connectivity index (χ0v) is 21.4. The lowest BCUT2D eigenvalue weighted by atomic mass is 9.83. The molecule has 2 aliphatic rings. The number of aliphatic hydroxyl groups is 1. The van der Waals surface area contributed by atoms with Crippen LogP contribution in [0, 0.1) is 11.8 Å². The molecule has 2 aliphatic heterocycles. The molecule has 0 spiro atoms. The third-order valence-electron chi connectivity index (χ3n) is 7.49. The van der Waals surface area contributed by atoms with Gasteiger partial charge in [-0.3, -0.25) is 9.59 Å². The van der Waals surface area contributed by atoms with Crippen molar-refractivity contribution >= 4 is 23.3 Å². The fourth-order valence-corrected chi connectivity index (χ4v) is 5.35. The average molecular weight is 495 g/mol.